The Kier molecular flexibility index (Phi) is 13.3. The van der Waals surface area contributed by atoms with E-state index in [9.17, 15) is 24.3 Å². The Hall–Kier alpha value is -3.54. The van der Waals surface area contributed by atoms with Gasteiger partial charge in [0.15, 0.2) is 11.5 Å². The Balaban J connectivity index is 3.44. The molecule has 0 heterocycles. The maximum atomic E-state index is 12.6. The van der Waals surface area contributed by atoms with Crippen LogP contribution in [0, 0.1) is 16.7 Å². The van der Waals surface area contributed by atoms with Gasteiger partial charge in [0, 0.05) is 11.8 Å². The second-order valence-corrected chi connectivity index (χ2v) is 13.6. The summed E-state index contributed by atoms with van der Waals surface area (Å²) in [6.45, 7) is 19.9. The number of hydrogen-bond acceptors (Lipinski definition) is 11. The van der Waals surface area contributed by atoms with E-state index in [0.29, 0.717) is 12.0 Å². The molecule has 43 heavy (non-hydrogen) atoms. The fourth-order valence-corrected chi connectivity index (χ4v) is 3.55. The molecule has 1 aromatic carbocycles. The molecule has 0 saturated heterocycles. The zero-order valence-electron chi connectivity index (χ0n) is 27.3. The highest BCUT2D eigenvalue weighted by Crippen LogP contribution is 2.37. The first-order valence-corrected chi connectivity index (χ1v) is 14.3. The van der Waals surface area contributed by atoms with Crippen molar-refractivity contribution in [2.24, 2.45) is 22.5 Å². The van der Waals surface area contributed by atoms with Crippen LogP contribution in [0.3, 0.4) is 0 Å². The lowest BCUT2D eigenvalue weighted by molar-refractivity contribution is -0.139. The molecule has 244 valence electrons. The predicted octanol–water partition coefficient (Wildman–Crippen LogP) is 6.67. The molecule has 3 N–H and O–H groups in total. The van der Waals surface area contributed by atoms with Crippen molar-refractivity contribution in [2.45, 2.75) is 106 Å². The summed E-state index contributed by atoms with van der Waals surface area (Å²) in [4.78, 5) is 49.5. The molecule has 1 rings (SSSR count). The Morgan fingerprint density at radius 3 is 1.74 bits per heavy atom. The average Bonchev–Trinajstić information content (AvgIpc) is 2.86. The van der Waals surface area contributed by atoms with Crippen LogP contribution in [0.25, 0.3) is 0 Å². The summed E-state index contributed by atoms with van der Waals surface area (Å²) in [6.07, 6.45) is -3.28. The van der Waals surface area contributed by atoms with Gasteiger partial charge in [-0.3, -0.25) is 4.79 Å². The Morgan fingerprint density at radius 2 is 1.30 bits per heavy atom. The summed E-state index contributed by atoms with van der Waals surface area (Å²) in [6, 6.07) is 2.69. The quantitative estimate of drug-likeness (QED) is 0.146. The molecule has 0 aliphatic heterocycles. The number of carbonyl (C=O) groups excluding carboxylic acids is 3. The molecule has 0 bridgehead atoms. The fourth-order valence-electron chi connectivity index (χ4n) is 3.55. The van der Waals surface area contributed by atoms with Crippen LogP contribution in [0.2, 0.25) is 0 Å². The summed E-state index contributed by atoms with van der Waals surface area (Å²) >= 11 is 0. The zero-order valence-corrected chi connectivity index (χ0v) is 27.3. The van der Waals surface area contributed by atoms with Crippen molar-refractivity contribution in [1.82, 2.24) is 0 Å². The van der Waals surface area contributed by atoms with Crippen LogP contribution < -0.4 is 15.2 Å². The summed E-state index contributed by atoms with van der Waals surface area (Å²) in [5.74, 6) is -3.31. The molecule has 0 spiro atoms. The van der Waals surface area contributed by atoms with Crippen LogP contribution in [0.15, 0.2) is 18.2 Å². The van der Waals surface area contributed by atoms with Crippen LogP contribution in [0.5, 0.6) is 11.5 Å². The van der Waals surface area contributed by atoms with Crippen LogP contribution in [-0.4, -0.2) is 60.5 Å². The lowest BCUT2D eigenvalue weighted by Gasteiger charge is -2.32. The molecular formula is C31H49NO11. The van der Waals surface area contributed by atoms with Crippen molar-refractivity contribution in [3.63, 3.8) is 0 Å². The van der Waals surface area contributed by atoms with Crippen molar-refractivity contribution in [1.29, 1.82) is 0 Å². The van der Waals surface area contributed by atoms with Crippen LogP contribution >= 0.6 is 0 Å². The predicted molar refractivity (Wildman–Crippen MR) is 158 cm³/mol. The molecule has 0 aliphatic rings. The van der Waals surface area contributed by atoms with E-state index in [4.69, 9.17) is 34.2 Å². The van der Waals surface area contributed by atoms with Crippen molar-refractivity contribution in [2.75, 3.05) is 13.2 Å². The number of ether oxygens (including phenoxy) is 6. The molecule has 1 aromatic rings. The third-order valence-electron chi connectivity index (χ3n) is 6.46. The topological polar surface area (TPSA) is 170 Å². The van der Waals surface area contributed by atoms with E-state index < -0.39 is 54.0 Å². The van der Waals surface area contributed by atoms with Crippen molar-refractivity contribution in [3.8, 4) is 11.5 Å². The average molecular weight is 612 g/mol. The second kappa shape index (κ2) is 15.3. The number of aliphatic carboxylic acids is 1. The number of carboxylic acid groups (broad SMARTS) is 1. The second-order valence-electron chi connectivity index (χ2n) is 13.6. The summed E-state index contributed by atoms with van der Waals surface area (Å²) in [7, 11) is 0. The van der Waals surface area contributed by atoms with Gasteiger partial charge in [0.1, 0.15) is 17.7 Å². The van der Waals surface area contributed by atoms with Gasteiger partial charge in [-0.1, -0.05) is 61.5 Å². The minimum Gasteiger partial charge on any atom is -0.480 e. The van der Waals surface area contributed by atoms with Gasteiger partial charge in [0.2, 0.25) is 0 Å². The van der Waals surface area contributed by atoms with E-state index >= 15 is 0 Å². The number of hydrogen-bond donors (Lipinski definition) is 2. The van der Waals surface area contributed by atoms with Crippen LogP contribution in [-0.2, 0) is 23.7 Å². The number of rotatable bonds is 12. The number of carbonyl (C=O) groups is 4. The van der Waals surface area contributed by atoms with E-state index in [-0.39, 0.29) is 35.5 Å². The van der Waals surface area contributed by atoms with Gasteiger partial charge >= 0.3 is 24.4 Å². The molecule has 12 heteroatoms. The monoisotopic (exact) mass is 611 g/mol. The maximum absolute atomic E-state index is 12.6. The highest BCUT2D eigenvalue weighted by molar-refractivity contribution is 5.75. The van der Waals surface area contributed by atoms with E-state index in [1.807, 2.05) is 48.5 Å². The molecule has 0 radical (unpaired) electrons. The maximum Gasteiger partial charge on any atom is 0.513 e. The Labute approximate surface area is 254 Å². The van der Waals surface area contributed by atoms with Crippen LogP contribution in [0.4, 0.5) is 14.4 Å². The first kappa shape index (κ1) is 37.5. The third-order valence-corrected chi connectivity index (χ3v) is 6.46. The number of nitrogens with two attached hydrogens (primary N) is 1. The summed E-state index contributed by atoms with van der Waals surface area (Å²) < 4.78 is 31.9. The van der Waals surface area contributed by atoms with Gasteiger partial charge in [-0.15, -0.1) is 0 Å². The minimum absolute atomic E-state index is 0.0404. The summed E-state index contributed by atoms with van der Waals surface area (Å²) in [5, 5.41) is 9.82. The standard InChI is InChI=1S/C31H49NO11/c1-12-31(10,11)43-28(37)40-19(3)18(2)23(24(32)25(33)34)20-13-14-21(41-26(35)38-16-29(4,5)6)22(15-20)42-27(36)39-17-30(7,8)9/h13-15,18-19,23-24H,12,16-17,32H2,1-11H3,(H,33,34)/t18?,19?,23?,24-/m0/s1. The Morgan fingerprint density at radius 1 is 0.814 bits per heavy atom. The smallest absolute Gasteiger partial charge is 0.480 e. The molecule has 3 unspecified atom stereocenters. The molecule has 4 atom stereocenters. The molecule has 0 amide bonds. The minimum atomic E-state index is -1.45. The molecule has 0 fully saturated rings. The largest absolute Gasteiger partial charge is 0.513 e. The van der Waals surface area contributed by atoms with Crippen molar-refractivity contribution in [3.05, 3.63) is 23.8 Å². The third kappa shape index (κ3) is 13.5. The van der Waals surface area contributed by atoms with Gasteiger partial charge in [-0.05, 0) is 55.7 Å². The van der Waals surface area contributed by atoms with E-state index in [1.54, 1.807) is 27.7 Å². The normalized spacial score (nSPS) is 14.9. The first-order valence-electron chi connectivity index (χ1n) is 14.3. The Bertz CT molecular complexity index is 1120. The lowest BCUT2D eigenvalue weighted by Crippen LogP contribution is -2.43. The summed E-state index contributed by atoms with van der Waals surface area (Å²) in [5.41, 5.74) is 5.00. The fraction of sp³-hybridized carbons (Fsp3) is 0.677. The molecular weight excluding hydrogens is 562 g/mol. The highest BCUT2D eigenvalue weighted by atomic mass is 16.8. The van der Waals surface area contributed by atoms with Gasteiger partial charge in [0.05, 0.1) is 13.2 Å². The van der Waals surface area contributed by atoms with Gasteiger partial charge < -0.3 is 39.3 Å². The van der Waals surface area contributed by atoms with Gasteiger partial charge in [-0.2, -0.15) is 0 Å². The molecule has 12 nitrogen and oxygen atoms in total. The first-order chi connectivity index (χ1) is 19.5. The van der Waals surface area contributed by atoms with Crippen molar-refractivity contribution < 1.29 is 52.7 Å². The SMILES string of the molecule is CCC(C)(C)OC(=O)OC(C)C(C)C(c1ccc(OC(=O)OCC(C)(C)C)c(OC(=O)OCC(C)(C)C)c1)[C@H](N)C(=O)O. The van der Waals surface area contributed by atoms with E-state index in [1.165, 1.54) is 18.2 Å². The van der Waals surface area contributed by atoms with Crippen molar-refractivity contribution >= 4 is 24.4 Å². The lowest BCUT2D eigenvalue weighted by atomic mass is 9.79. The van der Waals surface area contributed by atoms with Gasteiger partial charge in [0.25, 0.3) is 0 Å². The van der Waals surface area contributed by atoms with Crippen LogP contribution in [0.1, 0.15) is 94.1 Å². The zero-order chi connectivity index (χ0) is 33.3. The molecule has 0 aliphatic carbocycles. The van der Waals surface area contributed by atoms with E-state index in [0.717, 1.165) is 0 Å². The van der Waals surface area contributed by atoms with Gasteiger partial charge in [-0.25, -0.2) is 14.4 Å². The number of carboxylic acids is 1. The number of benzene rings is 1. The highest BCUT2D eigenvalue weighted by Gasteiger charge is 2.37. The molecule has 0 aromatic heterocycles. The molecule has 0 saturated carbocycles. The van der Waals surface area contributed by atoms with E-state index in [2.05, 4.69) is 0 Å².